The first kappa shape index (κ1) is 25.6. The number of carbonyl (C=O) groups is 3. The van der Waals surface area contributed by atoms with Gasteiger partial charge in [0.1, 0.15) is 5.57 Å². The zero-order chi connectivity index (χ0) is 24.7. The molecule has 0 aromatic heterocycles. The van der Waals surface area contributed by atoms with E-state index in [9.17, 15) is 14.4 Å². The van der Waals surface area contributed by atoms with Crippen molar-refractivity contribution in [3.8, 4) is 11.5 Å². The zero-order valence-corrected chi connectivity index (χ0v) is 20.5. The Morgan fingerprint density at radius 3 is 2.38 bits per heavy atom. The Balaban J connectivity index is 1.90. The predicted molar refractivity (Wildman–Crippen MR) is 133 cm³/mol. The number of ether oxygens (including phenoxy) is 2. The summed E-state index contributed by atoms with van der Waals surface area (Å²) in [7, 11) is 0. The van der Waals surface area contributed by atoms with Gasteiger partial charge in [-0.3, -0.25) is 14.9 Å². The Bertz CT molecular complexity index is 1100. The fourth-order valence-corrected chi connectivity index (χ4v) is 3.83. The highest BCUT2D eigenvalue weighted by Gasteiger charge is 2.36. The van der Waals surface area contributed by atoms with Gasteiger partial charge in [-0.25, -0.2) is 9.69 Å². The van der Waals surface area contributed by atoms with Crippen molar-refractivity contribution in [3.05, 3.63) is 57.6 Å². The lowest BCUT2D eigenvalue weighted by atomic mass is 10.1. The fraction of sp³-hybridized carbons (Fsp3) is 0.320. The van der Waals surface area contributed by atoms with Crippen LogP contribution < -0.4 is 19.7 Å². The zero-order valence-electron chi connectivity index (χ0n) is 19.0. The number of anilines is 1. The minimum absolute atomic E-state index is 0.221. The number of hydrogen-bond acceptors (Lipinski definition) is 5. The van der Waals surface area contributed by atoms with Gasteiger partial charge in [0.25, 0.3) is 11.8 Å². The van der Waals surface area contributed by atoms with E-state index in [-0.39, 0.29) is 11.3 Å². The first-order valence-corrected chi connectivity index (χ1v) is 11.9. The Labute approximate surface area is 208 Å². The highest BCUT2D eigenvalue weighted by Crippen LogP contribution is 2.38. The molecule has 1 aliphatic rings. The predicted octanol–water partition coefficient (Wildman–Crippen LogP) is 6.02. The van der Waals surface area contributed by atoms with Gasteiger partial charge < -0.3 is 9.47 Å². The van der Waals surface area contributed by atoms with Crippen molar-refractivity contribution in [2.45, 2.75) is 39.5 Å². The number of unbranched alkanes of at least 4 members (excludes halogenated alkanes) is 3. The molecule has 9 heteroatoms. The first-order chi connectivity index (χ1) is 16.3. The quantitative estimate of drug-likeness (QED) is 0.243. The van der Waals surface area contributed by atoms with Gasteiger partial charge in [-0.15, -0.1) is 0 Å². The van der Waals surface area contributed by atoms with E-state index in [0.717, 1.165) is 30.6 Å². The van der Waals surface area contributed by atoms with E-state index in [4.69, 9.17) is 32.7 Å². The Kier molecular flexibility index (Phi) is 8.96. The average molecular weight is 505 g/mol. The van der Waals surface area contributed by atoms with Gasteiger partial charge in [0, 0.05) is 5.02 Å². The van der Waals surface area contributed by atoms with Crippen molar-refractivity contribution in [1.29, 1.82) is 0 Å². The smallest absolute Gasteiger partial charge is 0.335 e. The molecule has 3 rings (SSSR count). The molecule has 1 saturated heterocycles. The molecule has 0 spiro atoms. The van der Waals surface area contributed by atoms with Crippen LogP contribution in [0.3, 0.4) is 0 Å². The van der Waals surface area contributed by atoms with Crippen molar-refractivity contribution in [2.75, 3.05) is 18.1 Å². The van der Waals surface area contributed by atoms with Gasteiger partial charge in [0.15, 0.2) is 11.5 Å². The van der Waals surface area contributed by atoms with Gasteiger partial charge >= 0.3 is 6.03 Å². The van der Waals surface area contributed by atoms with Gasteiger partial charge in [-0.2, -0.15) is 0 Å². The van der Waals surface area contributed by atoms with Crippen molar-refractivity contribution in [1.82, 2.24) is 5.32 Å². The van der Waals surface area contributed by atoms with Crippen molar-refractivity contribution in [3.63, 3.8) is 0 Å². The number of urea groups is 1. The molecule has 2 aromatic rings. The molecule has 0 unspecified atom stereocenters. The fourth-order valence-electron chi connectivity index (χ4n) is 3.43. The van der Waals surface area contributed by atoms with Crippen LogP contribution in [0.15, 0.2) is 42.0 Å². The Morgan fingerprint density at radius 1 is 0.971 bits per heavy atom. The molecule has 4 amide bonds. The number of hydrogen-bond donors (Lipinski definition) is 1. The normalized spacial score (nSPS) is 15.0. The minimum atomic E-state index is -0.839. The van der Waals surface area contributed by atoms with E-state index in [1.807, 2.05) is 6.92 Å². The number of benzene rings is 2. The molecular formula is C25H26Cl2N2O5. The largest absolute Gasteiger partial charge is 0.490 e. The van der Waals surface area contributed by atoms with E-state index >= 15 is 0 Å². The van der Waals surface area contributed by atoms with Crippen LogP contribution in [0.4, 0.5) is 10.5 Å². The van der Waals surface area contributed by atoms with Gasteiger partial charge in [0.05, 0.1) is 23.9 Å². The molecule has 34 heavy (non-hydrogen) atoms. The highest BCUT2D eigenvalue weighted by atomic mass is 35.5. The van der Waals surface area contributed by atoms with Gasteiger partial charge in [-0.05, 0) is 61.4 Å². The number of imide groups is 2. The topological polar surface area (TPSA) is 84.9 Å². The van der Waals surface area contributed by atoms with Crippen LogP contribution in [0.5, 0.6) is 11.5 Å². The number of carbonyl (C=O) groups excluding carboxylic acids is 3. The number of amides is 4. The van der Waals surface area contributed by atoms with Crippen molar-refractivity contribution < 1.29 is 23.9 Å². The second-order valence-corrected chi connectivity index (χ2v) is 8.45. The number of nitrogens with one attached hydrogen (secondary N) is 1. The molecule has 0 saturated carbocycles. The van der Waals surface area contributed by atoms with E-state index in [1.165, 1.54) is 18.2 Å². The van der Waals surface area contributed by atoms with Crippen LogP contribution in [-0.4, -0.2) is 31.1 Å². The standard InChI is InChI=1S/C25H26Cl2N2O5/c1-3-5-6-7-12-34-22-20(27)14-16(15-21(22)33-4-2)13-19-23(30)28-25(32)29(24(19)31)18-10-8-17(26)9-11-18/h8-11,13-15H,3-7,12H2,1-2H3,(H,28,30,32)/b19-13-. The summed E-state index contributed by atoms with van der Waals surface area (Å²) in [6, 6.07) is 8.52. The molecule has 1 aliphatic heterocycles. The summed E-state index contributed by atoms with van der Waals surface area (Å²) in [4.78, 5) is 38.8. The minimum Gasteiger partial charge on any atom is -0.490 e. The molecule has 0 aliphatic carbocycles. The van der Waals surface area contributed by atoms with Crippen LogP contribution in [0, 0.1) is 0 Å². The summed E-state index contributed by atoms with van der Waals surface area (Å²) in [6.07, 6.45) is 5.58. The first-order valence-electron chi connectivity index (χ1n) is 11.1. The molecule has 1 heterocycles. The number of rotatable bonds is 10. The third-order valence-corrected chi connectivity index (χ3v) is 5.61. The number of nitrogens with zero attached hydrogens (tertiary/aromatic N) is 1. The Morgan fingerprint density at radius 2 is 1.71 bits per heavy atom. The second-order valence-electron chi connectivity index (χ2n) is 7.61. The van der Waals surface area contributed by atoms with Gasteiger partial charge in [0.2, 0.25) is 0 Å². The maximum absolute atomic E-state index is 13.1. The molecule has 0 bridgehead atoms. The number of barbiturate groups is 1. The highest BCUT2D eigenvalue weighted by molar-refractivity contribution is 6.39. The van der Waals surface area contributed by atoms with Crippen LogP contribution in [0.25, 0.3) is 6.08 Å². The van der Waals surface area contributed by atoms with Crippen LogP contribution >= 0.6 is 23.2 Å². The SMILES string of the molecule is CCCCCCOc1c(Cl)cc(/C=C2/C(=O)NC(=O)N(c3ccc(Cl)cc3)C2=O)cc1OCC. The molecule has 0 atom stereocenters. The summed E-state index contributed by atoms with van der Waals surface area (Å²) in [5, 5.41) is 2.93. The van der Waals surface area contributed by atoms with Crippen molar-refractivity contribution in [2.24, 2.45) is 0 Å². The van der Waals surface area contributed by atoms with Gasteiger partial charge in [-0.1, -0.05) is 49.4 Å². The van der Waals surface area contributed by atoms with Crippen LogP contribution in [0.2, 0.25) is 10.0 Å². The number of halogens is 2. The van der Waals surface area contributed by atoms with E-state index in [2.05, 4.69) is 12.2 Å². The third kappa shape index (κ3) is 6.10. The molecule has 1 N–H and O–H groups in total. The molecule has 1 fully saturated rings. The van der Waals surface area contributed by atoms with E-state index in [0.29, 0.717) is 40.3 Å². The summed E-state index contributed by atoms with van der Waals surface area (Å²) in [6.45, 7) is 4.85. The average Bonchev–Trinajstić information content (AvgIpc) is 2.79. The summed E-state index contributed by atoms with van der Waals surface area (Å²) in [5.41, 5.74) is 0.516. The third-order valence-electron chi connectivity index (χ3n) is 5.07. The summed E-state index contributed by atoms with van der Waals surface area (Å²) < 4.78 is 11.6. The lowest BCUT2D eigenvalue weighted by Gasteiger charge is -2.26. The molecule has 2 aromatic carbocycles. The van der Waals surface area contributed by atoms with Crippen LogP contribution in [-0.2, 0) is 9.59 Å². The molecule has 7 nitrogen and oxygen atoms in total. The van der Waals surface area contributed by atoms with E-state index in [1.54, 1.807) is 24.3 Å². The van der Waals surface area contributed by atoms with Crippen LogP contribution in [0.1, 0.15) is 45.1 Å². The molecule has 180 valence electrons. The summed E-state index contributed by atoms with van der Waals surface area (Å²) in [5.74, 6) is -0.738. The van der Waals surface area contributed by atoms with E-state index < -0.39 is 17.8 Å². The van der Waals surface area contributed by atoms with Crippen molar-refractivity contribution >= 4 is 52.8 Å². The lowest BCUT2D eigenvalue weighted by molar-refractivity contribution is -0.122. The monoisotopic (exact) mass is 504 g/mol. The Hall–Kier alpha value is -3.03. The lowest BCUT2D eigenvalue weighted by Crippen LogP contribution is -2.54. The second kappa shape index (κ2) is 11.9. The maximum atomic E-state index is 13.1. The molecule has 0 radical (unpaired) electrons. The molecular weight excluding hydrogens is 479 g/mol. The maximum Gasteiger partial charge on any atom is 0.335 e. The summed E-state index contributed by atoms with van der Waals surface area (Å²) >= 11 is 12.4.